The number of nitrogens with one attached hydrogen (secondary N) is 1. The van der Waals surface area contributed by atoms with Crippen molar-refractivity contribution in [3.63, 3.8) is 0 Å². The van der Waals surface area contributed by atoms with E-state index in [1.165, 1.54) is 12.1 Å². The number of carbonyl (C=O) groups is 1. The second kappa shape index (κ2) is 6.96. The highest BCUT2D eigenvalue weighted by atomic mass is 32.2. The van der Waals surface area contributed by atoms with Crippen LogP contribution in [0.25, 0.3) is 5.69 Å². The second-order valence-electron chi connectivity index (χ2n) is 5.18. The monoisotopic (exact) mass is 359 g/mol. The van der Waals surface area contributed by atoms with Gasteiger partial charge in [0.25, 0.3) is 0 Å². The largest absolute Gasteiger partial charge is 0.293 e. The third-order valence-corrected chi connectivity index (χ3v) is 4.92. The van der Waals surface area contributed by atoms with Gasteiger partial charge in [-0.05, 0) is 30.3 Å². The SMILES string of the molecule is O=C(CNS(=O)(=O)c1ccccc1F)c1cccc(-n2cccn2)c1. The molecule has 0 aliphatic rings. The standard InChI is InChI=1S/C17H14FN3O3S/c18-15-7-1-2-8-17(15)25(23,24)20-12-16(22)13-5-3-6-14(11-13)21-10-4-9-19-21/h1-11,20H,12H2. The Labute approximate surface area is 144 Å². The van der Waals surface area contributed by atoms with Gasteiger partial charge in [0.2, 0.25) is 10.0 Å². The predicted molar refractivity (Wildman–Crippen MR) is 89.5 cm³/mol. The van der Waals surface area contributed by atoms with Crippen molar-refractivity contribution in [3.05, 3.63) is 78.4 Å². The van der Waals surface area contributed by atoms with E-state index in [0.29, 0.717) is 11.3 Å². The lowest BCUT2D eigenvalue weighted by atomic mass is 10.1. The lowest BCUT2D eigenvalue weighted by Crippen LogP contribution is -2.30. The molecule has 0 fully saturated rings. The highest BCUT2D eigenvalue weighted by molar-refractivity contribution is 7.89. The normalized spacial score (nSPS) is 11.4. The molecular weight excluding hydrogens is 345 g/mol. The lowest BCUT2D eigenvalue weighted by Gasteiger charge is -2.08. The van der Waals surface area contributed by atoms with Gasteiger partial charge in [-0.1, -0.05) is 24.3 Å². The Morgan fingerprint density at radius 1 is 1.12 bits per heavy atom. The van der Waals surface area contributed by atoms with Crippen molar-refractivity contribution in [2.24, 2.45) is 0 Å². The molecule has 0 aliphatic carbocycles. The molecule has 1 heterocycles. The van der Waals surface area contributed by atoms with E-state index in [4.69, 9.17) is 0 Å². The molecule has 2 aromatic carbocycles. The van der Waals surface area contributed by atoms with Crippen LogP contribution in [0.1, 0.15) is 10.4 Å². The van der Waals surface area contributed by atoms with E-state index in [9.17, 15) is 17.6 Å². The molecule has 3 rings (SSSR count). The minimum absolute atomic E-state index is 0.323. The Morgan fingerprint density at radius 2 is 1.92 bits per heavy atom. The van der Waals surface area contributed by atoms with Crippen LogP contribution in [-0.2, 0) is 10.0 Å². The number of Topliss-reactive ketones (excluding diaryl/α,β-unsaturated/α-hetero) is 1. The van der Waals surface area contributed by atoms with Gasteiger partial charge >= 0.3 is 0 Å². The first-order valence-corrected chi connectivity index (χ1v) is 8.83. The zero-order chi connectivity index (χ0) is 17.9. The van der Waals surface area contributed by atoms with E-state index >= 15 is 0 Å². The first-order valence-electron chi connectivity index (χ1n) is 7.35. The Kier molecular flexibility index (Phi) is 4.73. The fourth-order valence-electron chi connectivity index (χ4n) is 2.25. The molecule has 1 aromatic heterocycles. The molecule has 1 N–H and O–H groups in total. The van der Waals surface area contributed by atoms with Gasteiger partial charge in [-0.2, -0.15) is 5.10 Å². The summed E-state index contributed by atoms with van der Waals surface area (Å²) in [4.78, 5) is 11.8. The summed E-state index contributed by atoms with van der Waals surface area (Å²) in [5, 5.41) is 4.07. The molecule has 0 radical (unpaired) electrons. The number of rotatable bonds is 6. The van der Waals surface area contributed by atoms with Crippen LogP contribution in [0.2, 0.25) is 0 Å². The van der Waals surface area contributed by atoms with Gasteiger partial charge in [0.1, 0.15) is 10.7 Å². The van der Waals surface area contributed by atoms with Gasteiger partial charge in [-0.25, -0.2) is 22.2 Å². The lowest BCUT2D eigenvalue weighted by molar-refractivity contribution is 0.0997. The molecule has 0 aliphatic heterocycles. The predicted octanol–water partition coefficient (Wildman–Crippen LogP) is 2.17. The number of aromatic nitrogens is 2. The minimum atomic E-state index is -4.11. The van der Waals surface area contributed by atoms with E-state index in [1.54, 1.807) is 47.4 Å². The first-order chi connectivity index (χ1) is 12.0. The summed E-state index contributed by atoms with van der Waals surface area (Å²) in [6.45, 7) is -0.473. The summed E-state index contributed by atoms with van der Waals surface area (Å²) in [6, 6.07) is 13.4. The number of benzene rings is 2. The van der Waals surface area contributed by atoms with Crippen molar-refractivity contribution in [1.82, 2.24) is 14.5 Å². The fraction of sp³-hybridized carbons (Fsp3) is 0.0588. The van der Waals surface area contributed by atoms with E-state index < -0.39 is 33.1 Å². The highest BCUT2D eigenvalue weighted by Crippen LogP contribution is 2.14. The minimum Gasteiger partial charge on any atom is -0.293 e. The molecule has 8 heteroatoms. The van der Waals surface area contributed by atoms with Crippen LogP contribution in [0.5, 0.6) is 0 Å². The summed E-state index contributed by atoms with van der Waals surface area (Å²) in [7, 11) is -4.11. The number of ketones is 1. The van der Waals surface area contributed by atoms with Crippen LogP contribution < -0.4 is 4.72 Å². The Morgan fingerprint density at radius 3 is 2.64 bits per heavy atom. The third kappa shape index (κ3) is 3.81. The van der Waals surface area contributed by atoms with Crippen LogP contribution in [0.3, 0.4) is 0 Å². The number of halogens is 1. The molecule has 0 saturated heterocycles. The molecule has 0 spiro atoms. The number of nitrogens with zero attached hydrogens (tertiary/aromatic N) is 2. The number of hydrogen-bond donors (Lipinski definition) is 1. The van der Waals surface area contributed by atoms with Crippen LogP contribution in [-0.4, -0.2) is 30.5 Å². The average molecular weight is 359 g/mol. The average Bonchev–Trinajstić information content (AvgIpc) is 3.15. The van der Waals surface area contributed by atoms with Gasteiger partial charge in [0, 0.05) is 18.0 Å². The molecule has 0 amide bonds. The Bertz CT molecular complexity index is 1000. The zero-order valence-corrected chi connectivity index (χ0v) is 13.8. The van der Waals surface area contributed by atoms with Crippen LogP contribution in [0.15, 0.2) is 71.9 Å². The fourth-order valence-corrected chi connectivity index (χ4v) is 3.31. The number of sulfonamides is 1. The maximum absolute atomic E-state index is 13.6. The zero-order valence-electron chi connectivity index (χ0n) is 13.0. The number of carbonyl (C=O) groups excluding carboxylic acids is 1. The molecule has 0 atom stereocenters. The number of hydrogen-bond acceptors (Lipinski definition) is 4. The Balaban J connectivity index is 1.75. The Hall–Kier alpha value is -2.84. The summed E-state index contributed by atoms with van der Waals surface area (Å²) < 4.78 is 41.6. The van der Waals surface area contributed by atoms with Gasteiger partial charge in [0.15, 0.2) is 5.78 Å². The van der Waals surface area contributed by atoms with Crippen LogP contribution in [0, 0.1) is 5.82 Å². The second-order valence-corrected chi connectivity index (χ2v) is 6.91. The van der Waals surface area contributed by atoms with Crippen molar-refractivity contribution in [3.8, 4) is 5.69 Å². The highest BCUT2D eigenvalue weighted by Gasteiger charge is 2.19. The van der Waals surface area contributed by atoms with Crippen molar-refractivity contribution in [2.45, 2.75) is 4.90 Å². The van der Waals surface area contributed by atoms with E-state index in [2.05, 4.69) is 9.82 Å². The summed E-state index contributed by atoms with van der Waals surface area (Å²) in [6.07, 6.45) is 3.33. The topological polar surface area (TPSA) is 81.1 Å². The van der Waals surface area contributed by atoms with Crippen LogP contribution in [0.4, 0.5) is 4.39 Å². The summed E-state index contributed by atoms with van der Waals surface area (Å²) in [5.41, 5.74) is 0.997. The van der Waals surface area contributed by atoms with Gasteiger partial charge in [0.05, 0.1) is 12.2 Å². The molecule has 6 nitrogen and oxygen atoms in total. The smallest absolute Gasteiger partial charge is 0.243 e. The van der Waals surface area contributed by atoms with E-state index in [-0.39, 0.29) is 0 Å². The first kappa shape index (κ1) is 17.0. The van der Waals surface area contributed by atoms with Crippen molar-refractivity contribution in [1.29, 1.82) is 0 Å². The molecule has 3 aromatic rings. The third-order valence-electron chi connectivity index (χ3n) is 3.49. The van der Waals surface area contributed by atoms with Gasteiger partial charge in [-0.15, -0.1) is 0 Å². The van der Waals surface area contributed by atoms with Crippen molar-refractivity contribution < 1.29 is 17.6 Å². The van der Waals surface area contributed by atoms with E-state index in [0.717, 1.165) is 12.1 Å². The molecular formula is C17H14FN3O3S. The van der Waals surface area contributed by atoms with E-state index in [1.807, 2.05) is 0 Å². The molecule has 0 bridgehead atoms. The molecule has 0 saturated carbocycles. The van der Waals surface area contributed by atoms with Gasteiger partial charge in [-0.3, -0.25) is 4.79 Å². The maximum Gasteiger partial charge on any atom is 0.243 e. The van der Waals surface area contributed by atoms with Crippen molar-refractivity contribution >= 4 is 15.8 Å². The summed E-state index contributed by atoms with van der Waals surface area (Å²) in [5.74, 6) is -1.31. The molecule has 0 unspecified atom stereocenters. The molecule has 25 heavy (non-hydrogen) atoms. The van der Waals surface area contributed by atoms with Crippen molar-refractivity contribution in [2.75, 3.05) is 6.54 Å². The van der Waals surface area contributed by atoms with Gasteiger partial charge < -0.3 is 0 Å². The molecule has 128 valence electrons. The summed E-state index contributed by atoms with van der Waals surface area (Å²) >= 11 is 0. The quantitative estimate of drug-likeness (QED) is 0.684. The maximum atomic E-state index is 13.6. The van der Waals surface area contributed by atoms with Crippen LogP contribution >= 0.6 is 0 Å².